The minimum Gasteiger partial charge on any atom is -0.396 e. The van der Waals surface area contributed by atoms with Gasteiger partial charge in [-0.05, 0) is 24.9 Å². The third kappa shape index (κ3) is 3.20. The summed E-state index contributed by atoms with van der Waals surface area (Å²) >= 11 is 0. The van der Waals surface area contributed by atoms with Gasteiger partial charge in [0.1, 0.15) is 0 Å². The molecule has 1 aromatic carbocycles. The summed E-state index contributed by atoms with van der Waals surface area (Å²) < 4.78 is 52.3. The number of hydrogen-bond donors (Lipinski definition) is 1. The summed E-state index contributed by atoms with van der Waals surface area (Å²) in [5.74, 6) is -1.63. The molecule has 0 spiro atoms. The van der Waals surface area contributed by atoms with Gasteiger partial charge in [-0.1, -0.05) is 12.1 Å². The normalized spacial score (nSPS) is 28.9. The molecule has 1 N–H and O–H groups in total. The van der Waals surface area contributed by atoms with Crippen molar-refractivity contribution in [3.63, 3.8) is 0 Å². The molecule has 2 atom stereocenters. The highest BCUT2D eigenvalue weighted by molar-refractivity contribution is 7.88. The lowest BCUT2D eigenvalue weighted by Crippen LogP contribution is -2.50. The van der Waals surface area contributed by atoms with Crippen molar-refractivity contribution in [2.45, 2.75) is 13.0 Å². The molecule has 0 unspecified atom stereocenters. The van der Waals surface area contributed by atoms with Crippen LogP contribution >= 0.6 is 0 Å². The van der Waals surface area contributed by atoms with E-state index in [1.54, 1.807) is 6.07 Å². The zero-order valence-electron chi connectivity index (χ0n) is 13.6. The number of aliphatic hydroxyl groups is 1. The van der Waals surface area contributed by atoms with Crippen molar-refractivity contribution in [3.8, 4) is 0 Å². The molecule has 0 aromatic heterocycles. The summed E-state index contributed by atoms with van der Waals surface area (Å²) in [5, 5.41) is 9.94. The molecule has 8 heteroatoms. The van der Waals surface area contributed by atoms with Gasteiger partial charge in [-0.2, -0.15) is 0 Å². The molecule has 2 aliphatic rings. The highest BCUT2D eigenvalue weighted by atomic mass is 32.2. The number of halogens is 2. The Bertz CT molecular complexity index is 728. The minimum atomic E-state index is -3.30. The molecule has 2 aliphatic heterocycles. The molecule has 0 aliphatic carbocycles. The Balaban J connectivity index is 1.77. The number of benzene rings is 1. The largest absolute Gasteiger partial charge is 0.396 e. The fraction of sp³-hybridized carbons (Fsp3) is 0.625. The third-order valence-electron chi connectivity index (χ3n) is 5.32. The van der Waals surface area contributed by atoms with Crippen LogP contribution in [-0.4, -0.2) is 61.8 Å². The second-order valence-electron chi connectivity index (χ2n) is 6.99. The van der Waals surface area contributed by atoms with E-state index in [9.17, 15) is 22.3 Å². The van der Waals surface area contributed by atoms with Crippen LogP contribution in [0.2, 0.25) is 0 Å². The van der Waals surface area contributed by atoms with E-state index >= 15 is 0 Å². The average Bonchev–Trinajstić information content (AvgIpc) is 2.91. The number of aliphatic hydroxyl groups excluding tert-OH is 1. The lowest BCUT2D eigenvalue weighted by molar-refractivity contribution is 0.00840. The molecule has 0 radical (unpaired) electrons. The summed E-state index contributed by atoms with van der Waals surface area (Å²) in [6.07, 6.45) is 1.90. The second-order valence-corrected chi connectivity index (χ2v) is 8.97. The smallest absolute Gasteiger partial charge is 0.211 e. The fourth-order valence-electron chi connectivity index (χ4n) is 3.95. The third-order valence-corrected chi connectivity index (χ3v) is 6.54. The molecule has 0 amide bonds. The first-order chi connectivity index (χ1) is 11.2. The van der Waals surface area contributed by atoms with Crippen LogP contribution in [0.5, 0.6) is 0 Å². The quantitative estimate of drug-likeness (QED) is 0.872. The Hall–Kier alpha value is -1.09. The molecule has 134 valence electrons. The predicted octanol–water partition coefficient (Wildman–Crippen LogP) is 1.04. The van der Waals surface area contributed by atoms with Crippen LogP contribution in [0.15, 0.2) is 18.2 Å². The summed E-state index contributed by atoms with van der Waals surface area (Å²) in [7, 11) is -3.30. The van der Waals surface area contributed by atoms with Crippen LogP contribution < -0.4 is 0 Å². The van der Waals surface area contributed by atoms with Crippen molar-refractivity contribution in [1.29, 1.82) is 0 Å². The summed E-state index contributed by atoms with van der Waals surface area (Å²) in [6, 6.07) is 4.11. The highest BCUT2D eigenvalue weighted by Gasteiger charge is 2.51. The van der Waals surface area contributed by atoms with Crippen molar-refractivity contribution in [2.75, 3.05) is 39.0 Å². The Labute approximate surface area is 140 Å². The first-order valence-corrected chi connectivity index (χ1v) is 9.81. The van der Waals surface area contributed by atoms with Gasteiger partial charge in [-0.15, -0.1) is 0 Å². The van der Waals surface area contributed by atoms with Gasteiger partial charge in [0, 0.05) is 37.2 Å². The zero-order chi connectivity index (χ0) is 17.5. The van der Waals surface area contributed by atoms with Crippen LogP contribution in [0.25, 0.3) is 0 Å². The van der Waals surface area contributed by atoms with Crippen LogP contribution in [-0.2, 0) is 16.6 Å². The topological polar surface area (TPSA) is 60.9 Å². The van der Waals surface area contributed by atoms with E-state index in [4.69, 9.17) is 0 Å². The lowest BCUT2D eigenvalue weighted by Gasteiger charge is -2.43. The van der Waals surface area contributed by atoms with Crippen LogP contribution in [0.1, 0.15) is 12.0 Å². The predicted molar refractivity (Wildman–Crippen MR) is 85.7 cm³/mol. The van der Waals surface area contributed by atoms with E-state index in [1.165, 1.54) is 16.6 Å². The first-order valence-electron chi connectivity index (χ1n) is 7.96. The number of hydrogen-bond acceptors (Lipinski definition) is 4. The van der Waals surface area contributed by atoms with Gasteiger partial charge in [0.15, 0.2) is 11.6 Å². The minimum absolute atomic E-state index is 0.0887. The number of piperidine rings is 1. The molecule has 2 fully saturated rings. The summed E-state index contributed by atoms with van der Waals surface area (Å²) in [5.41, 5.74) is -0.259. The molecule has 5 nitrogen and oxygen atoms in total. The first kappa shape index (κ1) is 17.7. The number of sulfonamides is 1. The Morgan fingerprint density at radius 1 is 1.33 bits per heavy atom. The van der Waals surface area contributed by atoms with Crippen molar-refractivity contribution >= 4 is 10.0 Å². The number of fused-ring (bicyclic) bond motifs is 1. The molecular weight excluding hydrogens is 338 g/mol. The van der Waals surface area contributed by atoms with E-state index in [1.807, 2.05) is 4.90 Å². The number of likely N-dealkylation sites (tertiary alicyclic amines) is 1. The van der Waals surface area contributed by atoms with Gasteiger partial charge in [0.05, 0.1) is 12.9 Å². The van der Waals surface area contributed by atoms with Crippen LogP contribution in [0, 0.1) is 23.0 Å². The fourth-order valence-corrected chi connectivity index (χ4v) is 4.89. The molecule has 0 bridgehead atoms. The molecule has 2 saturated heterocycles. The van der Waals surface area contributed by atoms with E-state index < -0.39 is 27.1 Å². The van der Waals surface area contributed by atoms with E-state index in [2.05, 4.69) is 0 Å². The van der Waals surface area contributed by atoms with Crippen molar-refractivity contribution in [2.24, 2.45) is 11.3 Å². The summed E-state index contributed by atoms with van der Waals surface area (Å²) in [6.45, 7) is 1.95. The van der Waals surface area contributed by atoms with Crippen LogP contribution in [0.4, 0.5) is 8.78 Å². The monoisotopic (exact) mass is 360 g/mol. The average molecular weight is 360 g/mol. The van der Waals surface area contributed by atoms with Gasteiger partial charge in [0.25, 0.3) is 0 Å². The zero-order valence-corrected chi connectivity index (χ0v) is 14.4. The SMILES string of the molecule is CS(=O)(=O)N1C[C@@H]2CCN(Cc3cccc(F)c3F)C[C@]2(CO)C1. The summed E-state index contributed by atoms with van der Waals surface area (Å²) in [4.78, 5) is 1.97. The molecule has 1 aromatic rings. The molecule has 3 rings (SSSR count). The molecular formula is C16H22F2N2O3S. The van der Waals surface area contributed by atoms with Crippen LogP contribution in [0.3, 0.4) is 0 Å². The van der Waals surface area contributed by atoms with E-state index in [0.29, 0.717) is 19.6 Å². The van der Waals surface area contributed by atoms with Gasteiger partial charge in [-0.25, -0.2) is 21.5 Å². The molecule has 0 saturated carbocycles. The Morgan fingerprint density at radius 2 is 2.08 bits per heavy atom. The Kier molecular flexibility index (Phi) is 4.67. The Morgan fingerprint density at radius 3 is 2.75 bits per heavy atom. The second kappa shape index (κ2) is 6.33. The van der Waals surface area contributed by atoms with Gasteiger partial charge >= 0.3 is 0 Å². The number of nitrogens with zero attached hydrogens (tertiary/aromatic N) is 2. The maximum atomic E-state index is 13.9. The maximum Gasteiger partial charge on any atom is 0.211 e. The van der Waals surface area contributed by atoms with Crippen molar-refractivity contribution in [3.05, 3.63) is 35.4 Å². The highest BCUT2D eigenvalue weighted by Crippen LogP contribution is 2.43. The van der Waals surface area contributed by atoms with E-state index in [0.717, 1.165) is 12.5 Å². The van der Waals surface area contributed by atoms with Gasteiger partial charge in [0.2, 0.25) is 10.0 Å². The number of rotatable bonds is 4. The lowest BCUT2D eigenvalue weighted by atomic mass is 9.74. The van der Waals surface area contributed by atoms with Crippen molar-refractivity contribution in [1.82, 2.24) is 9.21 Å². The maximum absolute atomic E-state index is 13.9. The molecule has 24 heavy (non-hydrogen) atoms. The standard InChI is InChI=1S/C16H22F2N2O3S/c1-24(22,23)20-8-13-5-6-19(9-16(13,10-20)11-21)7-12-3-2-4-14(17)15(12)18/h2-4,13,21H,5-11H2,1H3/t13-,16+/m0/s1. The van der Waals surface area contributed by atoms with Gasteiger partial charge in [-0.3, -0.25) is 4.90 Å². The van der Waals surface area contributed by atoms with Gasteiger partial charge < -0.3 is 5.11 Å². The molecule has 2 heterocycles. The van der Waals surface area contributed by atoms with E-state index in [-0.39, 0.29) is 31.2 Å². The van der Waals surface area contributed by atoms with Crippen molar-refractivity contribution < 1.29 is 22.3 Å².